The second-order valence-corrected chi connectivity index (χ2v) is 6.44. The number of hydrogen-bond acceptors (Lipinski definition) is 4. The molecule has 3 N–H and O–H groups in total. The lowest BCUT2D eigenvalue weighted by atomic mass is 9.90. The number of amides is 1. The number of rotatable bonds is 2. The van der Waals surface area contributed by atoms with E-state index in [1.165, 1.54) is 0 Å². The lowest BCUT2D eigenvalue weighted by Gasteiger charge is -2.24. The quantitative estimate of drug-likeness (QED) is 0.732. The molecule has 1 aliphatic rings. The average molecular weight is 292 g/mol. The fraction of sp³-hybridized carbons (Fsp3) is 0.562. The SMILES string of the molecule is CC(C)(C)OC(=O)Nc1ccc(O)c(C2CCCNC2)c1. The van der Waals surface area contributed by atoms with Gasteiger partial charge in [-0.15, -0.1) is 0 Å². The molecule has 5 heteroatoms. The molecule has 2 rings (SSSR count). The zero-order valence-electron chi connectivity index (χ0n) is 12.9. The summed E-state index contributed by atoms with van der Waals surface area (Å²) in [5, 5.41) is 16.1. The van der Waals surface area contributed by atoms with E-state index >= 15 is 0 Å². The van der Waals surface area contributed by atoms with Crippen molar-refractivity contribution in [3.05, 3.63) is 23.8 Å². The van der Waals surface area contributed by atoms with Crippen molar-refractivity contribution in [2.24, 2.45) is 0 Å². The van der Waals surface area contributed by atoms with Crippen molar-refractivity contribution in [3.8, 4) is 5.75 Å². The Morgan fingerprint density at radius 1 is 1.43 bits per heavy atom. The third kappa shape index (κ3) is 4.63. The molecule has 0 spiro atoms. The first-order valence-electron chi connectivity index (χ1n) is 7.39. The Hall–Kier alpha value is -1.75. The van der Waals surface area contributed by atoms with Crippen LogP contribution in [0.4, 0.5) is 10.5 Å². The van der Waals surface area contributed by atoms with Crippen LogP contribution in [0, 0.1) is 0 Å². The van der Waals surface area contributed by atoms with Crippen LogP contribution in [0.25, 0.3) is 0 Å². The van der Waals surface area contributed by atoms with Gasteiger partial charge in [-0.05, 0) is 58.4 Å². The minimum absolute atomic E-state index is 0.276. The third-order valence-electron chi connectivity index (χ3n) is 3.41. The maximum Gasteiger partial charge on any atom is 0.412 e. The predicted molar refractivity (Wildman–Crippen MR) is 82.8 cm³/mol. The maximum atomic E-state index is 11.8. The topological polar surface area (TPSA) is 70.6 Å². The van der Waals surface area contributed by atoms with Gasteiger partial charge in [0.05, 0.1) is 0 Å². The summed E-state index contributed by atoms with van der Waals surface area (Å²) in [7, 11) is 0. The number of anilines is 1. The lowest BCUT2D eigenvalue weighted by molar-refractivity contribution is 0.0636. The molecule has 1 amide bonds. The van der Waals surface area contributed by atoms with E-state index in [2.05, 4.69) is 10.6 Å². The number of nitrogens with one attached hydrogen (secondary N) is 2. The van der Waals surface area contributed by atoms with Crippen LogP contribution in [-0.4, -0.2) is 29.9 Å². The van der Waals surface area contributed by atoms with Crippen LogP contribution in [0.5, 0.6) is 5.75 Å². The molecule has 1 heterocycles. The molecule has 0 radical (unpaired) electrons. The van der Waals surface area contributed by atoms with E-state index in [4.69, 9.17) is 4.74 Å². The number of benzene rings is 1. The van der Waals surface area contributed by atoms with E-state index < -0.39 is 11.7 Å². The van der Waals surface area contributed by atoms with Crippen molar-refractivity contribution < 1.29 is 14.6 Å². The van der Waals surface area contributed by atoms with Gasteiger partial charge in [-0.1, -0.05) is 0 Å². The van der Waals surface area contributed by atoms with Gasteiger partial charge in [0.2, 0.25) is 0 Å². The highest BCUT2D eigenvalue weighted by molar-refractivity contribution is 5.85. The van der Waals surface area contributed by atoms with Crippen molar-refractivity contribution in [2.45, 2.75) is 45.1 Å². The van der Waals surface area contributed by atoms with Gasteiger partial charge < -0.3 is 15.2 Å². The monoisotopic (exact) mass is 292 g/mol. The number of phenolic OH excluding ortho intramolecular Hbond substituents is 1. The van der Waals surface area contributed by atoms with Gasteiger partial charge >= 0.3 is 6.09 Å². The minimum Gasteiger partial charge on any atom is -0.508 e. The molecule has 5 nitrogen and oxygen atoms in total. The number of phenols is 1. The molecule has 21 heavy (non-hydrogen) atoms. The number of piperidine rings is 1. The molecule has 0 saturated carbocycles. The third-order valence-corrected chi connectivity index (χ3v) is 3.41. The van der Waals surface area contributed by atoms with Crippen LogP contribution in [0.1, 0.15) is 45.1 Å². The number of aromatic hydroxyl groups is 1. The summed E-state index contributed by atoms with van der Waals surface area (Å²) in [6.45, 7) is 7.34. The molecule has 1 unspecified atom stereocenters. The van der Waals surface area contributed by atoms with Crippen LogP contribution in [-0.2, 0) is 4.74 Å². The Balaban J connectivity index is 2.09. The number of carbonyl (C=O) groups is 1. The van der Waals surface area contributed by atoms with Crippen LogP contribution >= 0.6 is 0 Å². The lowest BCUT2D eigenvalue weighted by Crippen LogP contribution is -2.29. The average Bonchev–Trinajstić information content (AvgIpc) is 2.40. The van der Waals surface area contributed by atoms with E-state index in [0.29, 0.717) is 5.69 Å². The normalized spacial score (nSPS) is 19.1. The smallest absolute Gasteiger partial charge is 0.412 e. The van der Waals surface area contributed by atoms with Crippen molar-refractivity contribution in [1.82, 2.24) is 5.32 Å². The van der Waals surface area contributed by atoms with Gasteiger partial charge in [0.1, 0.15) is 11.4 Å². The van der Waals surface area contributed by atoms with Crippen molar-refractivity contribution in [2.75, 3.05) is 18.4 Å². The van der Waals surface area contributed by atoms with Gasteiger partial charge in [-0.2, -0.15) is 0 Å². The van der Waals surface area contributed by atoms with Gasteiger partial charge in [-0.3, -0.25) is 5.32 Å². The van der Waals surface area contributed by atoms with E-state index in [-0.39, 0.29) is 11.7 Å². The Morgan fingerprint density at radius 3 is 2.81 bits per heavy atom. The Labute approximate surface area is 125 Å². The van der Waals surface area contributed by atoms with Gasteiger partial charge in [-0.25, -0.2) is 4.79 Å². The predicted octanol–water partition coefficient (Wildman–Crippen LogP) is 3.21. The first-order chi connectivity index (χ1) is 9.85. The molecular formula is C16H24N2O3. The largest absolute Gasteiger partial charge is 0.508 e. The molecule has 1 aromatic carbocycles. The maximum absolute atomic E-state index is 11.8. The fourth-order valence-electron chi connectivity index (χ4n) is 2.50. The number of ether oxygens (including phenoxy) is 1. The molecule has 0 aromatic heterocycles. The highest BCUT2D eigenvalue weighted by Crippen LogP contribution is 2.32. The fourth-order valence-corrected chi connectivity index (χ4v) is 2.50. The molecule has 1 saturated heterocycles. The van der Waals surface area contributed by atoms with Gasteiger partial charge in [0.15, 0.2) is 0 Å². The zero-order valence-corrected chi connectivity index (χ0v) is 12.9. The summed E-state index contributed by atoms with van der Waals surface area (Å²) >= 11 is 0. The summed E-state index contributed by atoms with van der Waals surface area (Å²) < 4.78 is 5.23. The van der Waals surface area contributed by atoms with Crippen molar-refractivity contribution in [1.29, 1.82) is 0 Å². The van der Waals surface area contributed by atoms with E-state index in [1.807, 2.05) is 26.8 Å². The van der Waals surface area contributed by atoms with Crippen LogP contribution in [0.15, 0.2) is 18.2 Å². The Morgan fingerprint density at radius 2 is 2.19 bits per heavy atom. The van der Waals surface area contributed by atoms with E-state index in [0.717, 1.165) is 31.5 Å². The van der Waals surface area contributed by atoms with Crippen LogP contribution in [0.2, 0.25) is 0 Å². The molecule has 0 aliphatic carbocycles. The van der Waals surface area contributed by atoms with E-state index in [9.17, 15) is 9.90 Å². The van der Waals surface area contributed by atoms with Gasteiger partial charge in [0.25, 0.3) is 0 Å². The van der Waals surface area contributed by atoms with Crippen LogP contribution in [0.3, 0.4) is 0 Å². The first-order valence-corrected chi connectivity index (χ1v) is 7.39. The summed E-state index contributed by atoms with van der Waals surface area (Å²) in [4.78, 5) is 11.8. The minimum atomic E-state index is -0.531. The molecule has 0 bridgehead atoms. The molecular weight excluding hydrogens is 268 g/mol. The second-order valence-electron chi connectivity index (χ2n) is 6.44. The van der Waals surface area contributed by atoms with Crippen LogP contribution < -0.4 is 10.6 Å². The van der Waals surface area contributed by atoms with E-state index in [1.54, 1.807) is 12.1 Å². The van der Waals surface area contributed by atoms with Crippen molar-refractivity contribution in [3.63, 3.8) is 0 Å². The highest BCUT2D eigenvalue weighted by atomic mass is 16.6. The molecule has 1 aliphatic heterocycles. The summed E-state index contributed by atoms with van der Waals surface area (Å²) in [6, 6.07) is 5.13. The Bertz CT molecular complexity index is 503. The van der Waals surface area contributed by atoms with Crippen molar-refractivity contribution >= 4 is 11.8 Å². The number of hydrogen-bond donors (Lipinski definition) is 3. The molecule has 1 fully saturated rings. The summed E-state index contributed by atoms with van der Waals surface area (Å²) in [5.74, 6) is 0.553. The molecule has 1 atom stereocenters. The zero-order chi connectivity index (χ0) is 15.5. The Kier molecular flexibility index (Phi) is 4.73. The number of carbonyl (C=O) groups excluding carboxylic acids is 1. The summed E-state index contributed by atoms with van der Waals surface area (Å²) in [6.07, 6.45) is 1.64. The molecule has 116 valence electrons. The second kappa shape index (κ2) is 6.35. The molecule has 1 aromatic rings. The van der Waals surface area contributed by atoms with Gasteiger partial charge in [0, 0.05) is 23.7 Å². The highest BCUT2D eigenvalue weighted by Gasteiger charge is 2.20. The summed E-state index contributed by atoms with van der Waals surface area (Å²) in [5.41, 5.74) is 0.982. The first kappa shape index (κ1) is 15.6. The standard InChI is InChI=1S/C16H24N2O3/c1-16(2,3)21-15(20)18-12-6-7-14(19)13(9-12)11-5-4-8-17-10-11/h6-7,9,11,17,19H,4-5,8,10H2,1-3H3,(H,18,20).